The summed E-state index contributed by atoms with van der Waals surface area (Å²) in [6.07, 6.45) is 1.02. The normalized spacial score (nSPS) is 12.2. The second kappa shape index (κ2) is 8.56. The van der Waals surface area contributed by atoms with Crippen LogP contribution in [-0.4, -0.2) is 18.6 Å². The van der Waals surface area contributed by atoms with Gasteiger partial charge in [-0.3, -0.25) is 4.79 Å². The maximum atomic E-state index is 12.5. The zero-order valence-corrected chi connectivity index (χ0v) is 15.9. The maximum Gasteiger partial charge on any atom is 0.265 e. The van der Waals surface area contributed by atoms with Gasteiger partial charge in [0.15, 0.2) is 6.10 Å². The van der Waals surface area contributed by atoms with Crippen LogP contribution >= 0.6 is 0 Å². The van der Waals surface area contributed by atoms with E-state index in [2.05, 4.69) is 32.7 Å². The first-order valence-electron chi connectivity index (χ1n) is 8.72. The molecule has 0 aromatic heterocycles. The van der Waals surface area contributed by atoms with E-state index in [0.717, 1.165) is 0 Å². The van der Waals surface area contributed by atoms with E-state index < -0.39 is 6.10 Å². The maximum absolute atomic E-state index is 12.5. The zero-order valence-electron chi connectivity index (χ0n) is 15.9. The molecule has 26 heavy (non-hydrogen) atoms. The van der Waals surface area contributed by atoms with E-state index in [1.165, 1.54) is 5.56 Å². The molecule has 138 valence electrons. The number of ether oxygens (including phenoxy) is 2. The Hall–Kier alpha value is -2.75. The Morgan fingerprint density at radius 1 is 1.15 bits per heavy atom. The van der Waals surface area contributed by atoms with E-state index in [4.69, 9.17) is 9.47 Å². The lowest BCUT2D eigenvalue weighted by molar-refractivity contribution is -0.122. The van der Waals surface area contributed by atoms with Crippen molar-refractivity contribution in [3.8, 4) is 11.5 Å². The molecule has 1 atom stereocenters. The van der Waals surface area contributed by atoms with Crippen molar-refractivity contribution in [3.05, 3.63) is 66.7 Å². The van der Waals surface area contributed by atoms with Crippen molar-refractivity contribution in [1.29, 1.82) is 0 Å². The summed E-state index contributed by atoms with van der Waals surface area (Å²) in [5.41, 5.74) is 1.91. The third kappa shape index (κ3) is 5.38. The second-order valence-electron chi connectivity index (χ2n) is 7.12. The van der Waals surface area contributed by atoms with E-state index in [1.807, 2.05) is 36.4 Å². The Morgan fingerprint density at radius 2 is 1.81 bits per heavy atom. The topological polar surface area (TPSA) is 47.6 Å². The molecule has 0 heterocycles. The van der Waals surface area contributed by atoms with E-state index in [9.17, 15) is 4.79 Å². The number of carbonyl (C=O) groups excluding carboxylic acids is 1. The minimum atomic E-state index is -0.636. The van der Waals surface area contributed by atoms with Gasteiger partial charge >= 0.3 is 0 Å². The summed E-state index contributed by atoms with van der Waals surface area (Å²) in [6, 6.07) is 15.1. The highest BCUT2D eigenvalue weighted by atomic mass is 16.5. The first-order valence-corrected chi connectivity index (χ1v) is 8.72. The summed E-state index contributed by atoms with van der Waals surface area (Å²) in [7, 11) is 0. The quantitative estimate of drug-likeness (QED) is 0.716. The van der Waals surface area contributed by atoms with Gasteiger partial charge in [-0.2, -0.15) is 0 Å². The Bertz CT molecular complexity index is 745. The monoisotopic (exact) mass is 353 g/mol. The van der Waals surface area contributed by atoms with Crippen LogP contribution in [-0.2, 0) is 10.2 Å². The van der Waals surface area contributed by atoms with Crippen LogP contribution in [0.25, 0.3) is 0 Å². The van der Waals surface area contributed by atoms with Gasteiger partial charge in [0.2, 0.25) is 0 Å². The smallest absolute Gasteiger partial charge is 0.265 e. The van der Waals surface area contributed by atoms with Crippen molar-refractivity contribution in [2.45, 2.75) is 39.2 Å². The van der Waals surface area contributed by atoms with Crippen LogP contribution in [0.3, 0.4) is 0 Å². The number of carbonyl (C=O) groups is 1. The molecule has 1 amide bonds. The van der Waals surface area contributed by atoms with Gasteiger partial charge in [0, 0.05) is 0 Å². The SMILES string of the molecule is C=CCOc1ccccc1NC(=O)C(C)Oc1ccc(C(C)(C)C)cc1. The van der Waals surface area contributed by atoms with Crippen LogP contribution < -0.4 is 14.8 Å². The van der Waals surface area contributed by atoms with E-state index in [-0.39, 0.29) is 11.3 Å². The number of hydrogen-bond donors (Lipinski definition) is 1. The highest BCUT2D eigenvalue weighted by molar-refractivity contribution is 5.95. The molecule has 0 spiro atoms. The van der Waals surface area contributed by atoms with Crippen molar-refractivity contribution in [2.75, 3.05) is 11.9 Å². The van der Waals surface area contributed by atoms with Crippen LogP contribution in [0.15, 0.2) is 61.2 Å². The van der Waals surface area contributed by atoms with Gasteiger partial charge in [-0.1, -0.05) is 57.7 Å². The molecule has 0 fully saturated rings. The van der Waals surface area contributed by atoms with Crippen molar-refractivity contribution in [1.82, 2.24) is 0 Å². The summed E-state index contributed by atoms with van der Waals surface area (Å²) in [4.78, 5) is 12.5. The molecule has 0 bridgehead atoms. The number of amides is 1. The Kier molecular flexibility index (Phi) is 6.45. The van der Waals surface area contributed by atoms with E-state index in [0.29, 0.717) is 23.8 Å². The molecule has 0 aliphatic rings. The predicted octanol–water partition coefficient (Wildman–Crippen LogP) is 4.95. The lowest BCUT2D eigenvalue weighted by atomic mass is 9.87. The third-order valence-electron chi connectivity index (χ3n) is 3.90. The molecule has 0 aliphatic heterocycles. The number of benzene rings is 2. The van der Waals surface area contributed by atoms with Gasteiger partial charge in [0.05, 0.1) is 5.69 Å². The minimum absolute atomic E-state index is 0.0800. The van der Waals surface area contributed by atoms with Crippen LogP contribution in [0.5, 0.6) is 11.5 Å². The summed E-state index contributed by atoms with van der Waals surface area (Å²) >= 11 is 0. The van der Waals surface area contributed by atoms with Gasteiger partial charge in [-0.25, -0.2) is 0 Å². The highest BCUT2D eigenvalue weighted by Crippen LogP contribution is 2.26. The highest BCUT2D eigenvalue weighted by Gasteiger charge is 2.18. The summed E-state index contributed by atoms with van der Waals surface area (Å²) in [5, 5.41) is 2.85. The Balaban J connectivity index is 2.01. The van der Waals surface area contributed by atoms with Gasteiger partial charge in [0.25, 0.3) is 5.91 Å². The molecule has 0 aliphatic carbocycles. The average molecular weight is 353 g/mol. The van der Waals surface area contributed by atoms with E-state index >= 15 is 0 Å². The fourth-order valence-corrected chi connectivity index (χ4v) is 2.37. The van der Waals surface area contributed by atoms with Gasteiger partial charge in [-0.15, -0.1) is 0 Å². The number of nitrogens with one attached hydrogen (secondary N) is 1. The molecular formula is C22H27NO3. The van der Waals surface area contributed by atoms with E-state index in [1.54, 1.807) is 25.1 Å². The molecule has 1 unspecified atom stereocenters. The standard InChI is InChI=1S/C22H27NO3/c1-6-15-25-20-10-8-7-9-19(20)23-21(24)16(2)26-18-13-11-17(12-14-18)22(3,4)5/h6-14,16H,1,15H2,2-5H3,(H,23,24). The molecule has 2 aromatic rings. The number of anilines is 1. The van der Waals surface area contributed by atoms with Crippen LogP contribution in [0.4, 0.5) is 5.69 Å². The molecule has 4 heteroatoms. The van der Waals surface area contributed by atoms with Crippen molar-refractivity contribution < 1.29 is 14.3 Å². The van der Waals surface area contributed by atoms with Gasteiger partial charge in [-0.05, 0) is 42.2 Å². The first-order chi connectivity index (χ1) is 12.3. The van der Waals surface area contributed by atoms with Gasteiger partial charge in [0.1, 0.15) is 18.1 Å². The predicted molar refractivity (Wildman–Crippen MR) is 106 cm³/mol. The number of rotatable bonds is 7. The molecule has 2 aromatic carbocycles. The Morgan fingerprint density at radius 3 is 2.42 bits per heavy atom. The first kappa shape index (κ1) is 19.6. The minimum Gasteiger partial charge on any atom is -0.487 e. The fourth-order valence-electron chi connectivity index (χ4n) is 2.37. The number of hydrogen-bond acceptors (Lipinski definition) is 3. The van der Waals surface area contributed by atoms with Crippen molar-refractivity contribution >= 4 is 11.6 Å². The summed E-state index contributed by atoms with van der Waals surface area (Å²) in [6.45, 7) is 12.2. The molecule has 4 nitrogen and oxygen atoms in total. The summed E-state index contributed by atoms with van der Waals surface area (Å²) < 4.78 is 11.3. The molecule has 0 radical (unpaired) electrons. The fraction of sp³-hybridized carbons (Fsp3) is 0.318. The van der Waals surface area contributed by atoms with Crippen LogP contribution in [0.2, 0.25) is 0 Å². The molecule has 1 N–H and O–H groups in total. The average Bonchev–Trinajstić information content (AvgIpc) is 2.60. The zero-order chi connectivity index (χ0) is 19.2. The molecule has 0 saturated carbocycles. The van der Waals surface area contributed by atoms with Crippen molar-refractivity contribution in [2.24, 2.45) is 0 Å². The summed E-state index contributed by atoms with van der Waals surface area (Å²) in [5.74, 6) is 1.03. The van der Waals surface area contributed by atoms with Gasteiger partial charge < -0.3 is 14.8 Å². The number of para-hydroxylation sites is 2. The third-order valence-corrected chi connectivity index (χ3v) is 3.90. The second-order valence-corrected chi connectivity index (χ2v) is 7.12. The molecule has 2 rings (SSSR count). The lowest BCUT2D eigenvalue weighted by Crippen LogP contribution is -2.30. The molecule has 0 saturated heterocycles. The van der Waals surface area contributed by atoms with Crippen LogP contribution in [0, 0.1) is 0 Å². The Labute approximate surface area is 155 Å². The van der Waals surface area contributed by atoms with Crippen LogP contribution in [0.1, 0.15) is 33.3 Å². The molecular weight excluding hydrogens is 326 g/mol. The van der Waals surface area contributed by atoms with Crippen molar-refractivity contribution in [3.63, 3.8) is 0 Å². The largest absolute Gasteiger partial charge is 0.487 e. The lowest BCUT2D eigenvalue weighted by Gasteiger charge is -2.20.